The number of rotatable bonds is 8. The summed E-state index contributed by atoms with van der Waals surface area (Å²) in [5, 5.41) is 6.19. The van der Waals surface area contributed by atoms with Crippen molar-refractivity contribution in [3.63, 3.8) is 0 Å². The number of nitrogens with zero attached hydrogens (tertiary/aromatic N) is 1. The molecule has 2 N–H and O–H groups in total. The highest BCUT2D eigenvalue weighted by atomic mass is 16.2. The number of hydrogen-bond donors (Lipinski definition) is 2. The summed E-state index contributed by atoms with van der Waals surface area (Å²) in [6, 6.07) is 0.502. The lowest BCUT2D eigenvalue weighted by atomic mass is 10.1. The molecule has 0 aliphatic carbocycles. The number of hydrogen-bond acceptors (Lipinski definition) is 3. The van der Waals surface area contributed by atoms with Crippen LogP contribution in [0, 0.1) is 5.92 Å². The molecule has 0 spiro atoms. The zero-order chi connectivity index (χ0) is 15.1. The second-order valence-corrected chi connectivity index (χ2v) is 5.79. The lowest BCUT2D eigenvalue weighted by Gasteiger charge is -2.24. The monoisotopic (exact) mass is 283 g/mol. The molecule has 0 aromatic rings. The first kappa shape index (κ1) is 17.0. The minimum atomic E-state index is -0.185. The first-order chi connectivity index (χ1) is 9.49. The molecule has 0 aromatic heterocycles. The molecule has 1 aliphatic rings. The third-order valence-electron chi connectivity index (χ3n) is 3.90. The van der Waals surface area contributed by atoms with E-state index in [1.165, 1.54) is 0 Å². The predicted octanol–water partition coefficient (Wildman–Crippen LogP) is 1.14. The average molecular weight is 283 g/mol. The molecule has 2 amide bonds. The third-order valence-corrected chi connectivity index (χ3v) is 3.90. The van der Waals surface area contributed by atoms with E-state index in [-0.39, 0.29) is 29.8 Å². The standard InChI is InChI=1S/C15H29N3O2/c1-5-7-12(4)18-10-13(8-14(18)19)15(20)17-9-11(3)16-6-2/h11-13,16H,5-10H2,1-4H3,(H,17,20)/t11-,12?,13?/m1/s1. The molecule has 1 aliphatic heterocycles. The quantitative estimate of drug-likeness (QED) is 0.702. The van der Waals surface area contributed by atoms with Gasteiger partial charge in [0.15, 0.2) is 0 Å². The summed E-state index contributed by atoms with van der Waals surface area (Å²) in [5.41, 5.74) is 0. The van der Waals surface area contributed by atoms with Gasteiger partial charge >= 0.3 is 0 Å². The van der Waals surface area contributed by atoms with Gasteiger partial charge in [-0.1, -0.05) is 20.3 Å². The van der Waals surface area contributed by atoms with Gasteiger partial charge in [0, 0.05) is 31.6 Å². The minimum Gasteiger partial charge on any atom is -0.354 e. The van der Waals surface area contributed by atoms with Crippen LogP contribution in [0.1, 0.15) is 47.0 Å². The Bertz CT molecular complexity index is 333. The molecule has 0 saturated carbocycles. The number of carbonyl (C=O) groups excluding carboxylic acids is 2. The lowest BCUT2D eigenvalue weighted by molar-refractivity contribution is -0.130. The SMILES string of the molecule is CCCC(C)N1CC(C(=O)NC[C@@H](C)NCC)CC1=O. The largest absolute Gasteiger partial charge is 0.354 e. The van der Waals surface area contributed by atoms with Crippen LogP contribution in [0.15, 0.2) is 0 Å². The summed E-state index contributed by atoms with van der Waals surface area (Å²) in [6.45, 7) is 10.3. The molecule has 1 fully saturated rings. The number of likely N-dealkylation sites (tertiary alicyclic amines) is 1. The van der Waals surface area contributed by atoms with Crippen molar-refractivity contribution in [1.29, 1.82) is 0 Å². The van der Waals surface area contributed by atoms with Gasteiger partial charge in [-0.3, -0.25) is 9.59 Å². The maximum absolute atomic E-state index is 12.1. The van der Waals surface area contributed by atoms with E-state index in [1.807, 2.05) is 18.7 Å². The van der Waals surface area contributed by atoms with E-state index in [0.717, 1.165) is 19.4 Å². The molecule has 0 aromatic carbocycles. The van der Waals surface area contributed by atoms with Crippen molar-refractivity contribution >= 4 is 11.8 Å². The Morgan fingerprint density at radius 1 is 1.40 bits per heavy atom. The highest BCUT2D eigenvalue weighted by Crippen LogP contribution is 2.22. The summed E-state index contributed by atoms with van der Waals surface area (Å²) in [6.07, 6.45) is 2.41. The van der Waals surface area contributed by atoms with Gasteiger partial charge in [-0.25, -0.2) is 0 Å². The zero-order valence-electron chi connectivity index (χ0n) is 13.2. The van der Waals surface area contributed by atoms with E-state index in [1.54, 1.807) is 0 Å². The van der Waals surface area contributed by atoms with Gasteiger partial charge in [-0.05, 0) is 26.8 Å². The van der Waals surface area contributed by atoms with Crippen molar-refractivity contribution in [3.8, 4) is 0 Å². The van der Waals surface area contributed by atoms with Crippen molar-refractivity contribution in [2.24, 2.45) is 5.92 Å². The van der Waals surface area contributed by atoms with Gasteiger partial charge < -0.3 is 15.5 Å². The van der Waals surface area contributed by atoms with Crippen LogP contribution in [0.2, 0.25) is 0 Å². The van der Waals surface area contributed by atoms with Crippen LogP contribution >= 0.6 is 0 Å². The second-order valence-electron chi connectivity index (χ2n) is 5.79. The zero-order valence-corrected chi connectivity index (χ0v) is 13.2. The molecule has 0 bridgehead atoms. The number of carbonyl (C=O) groups is 2. The average Bonchev–Trinajstić information content (AvgIpc) is 2.79. The smallest absolute Gasteiger partial charge is 0.225 e. The second kappa shape index (κ2) is 8.25. The highest BCUT2D eigenvalue weighted by molar-refractivity contribution is 5.89. The van der Waals surface area contributed by atoms with E-state index in [4.69, 9.17) is 0 Å². The van der Waals surface area contributed by atoms with Gasteiger partial charge in [-0.2, -0.15) is 0 Å². The van der Waals surface area contributed by atoms with Crippen LogP contribution < -0.4 is 10.6 Å². The molecule has 5 nitrogen and oxygen atoms in total. The molecule has 0 radical (unpaired) electrons. The number of nitrogens with one attached hydrogen (secondary N) is 2. The van der Waals surface area contributed by atoms with Crippen molar-refractivity contribution in [3.05, 3.63) is 0 Å². The van der Waals surface area contributed by atoms with Crippen LogP contribution in [0.3, 0.4) is 0 Å². The molecule has 5 heteroatoms. The van der Waals surface area contributed by atoms with Gasteiger partial charge in [0.1, 0.15) is 0 Å². The number of amides is 2. The van der Waals surface area contributed by atoms with E-state index in [2.05, 4.69) is 24.5 Å². The fourth-order valence-electron chi connectivity index (χ4n) is 2.73. The first-order valence-corrected chi connectivity index (χ1v) is 7.80. The molecule has 2 unspecified atom stereocenters. The van der Waals surface area contributed by atoms with Crippen molar-refractivity contribution in [1.82, 2.24) is 15.5 Å². The molecule has 20 heavy (non-hydrogen) atoms. The van der Waals surface area contributed by atoms with Crippen LogP contribution in [0.4, 0.5) is 0 Å². The Morgan fingerprint density at radius 3 is 2.70 bits per heavy atom. The third kappa shape index (κ3) is 4.78. The highest BCUT2D eigenvalue weighted by Gasteiger charge is 2.36. The fraction of sp³-hybridized carbons (Fsp3) is 0.867. The minimum absolute atomic E-state index is 0.00861. The molecule has 1 heterocycles. The summed E-state index contributed by atoms with van der Waals surface area (Å²) >= 11 is 0. The van der Waals surface area contributed by atoms with Crippen molar-refractivity contribution in [2.75, 3.05) is 19.6 Å². The van der Waals surface area contributed by atoms with Gasteiger partial charge in [-0.15, -0.1) is 0 Å². The normalized spacial score (nSPS) is 21.9. The summed E-state index contributed by atoms with van der Waals surface area (Å²) in [7, 11) is 0. The maximum Gasteiger partial charge on any atom is 0.225 e. The van der Waals surface area contributed by atoms with Crippen LogP contribution in [0.5, 0.6) is 0 Å². The Balaban J connectivity index is 2.41. The van der Waals surface area contributed by atoms with Crippen molar-refractivity contribution in [2.45, 2.75) is 59.0 Å². The lowest BCUT2D eigenvalue weighted by Crippen LogP contribution is -2.42. The Morgan fingerprint density at radius 2 is 2.10 bits per heavy atom. The molecular weight excluding hydrogens is 254 g/mol. The van der Waals surface area contributed by atoms with Gasteiger partial charge in [0.05, 0.1) is 5.92 Å². The Kier molecular flexibility index (Phi) is 6.99. The van der Waals surface area contributed by atoms with Crippen molar-refractivity contribution < 1.29 is 9.59 Å². The van der Waals surface area contributed by atoms with E-state index in [0.29, 0.717) is 19.5 Å². The summed E-state index contributed by atoms with van der Waals surface area (Å²) in [5.74, 6) is -0.0595. The maximum atomic E-state index is 12.1. The topological polar surface area (TPSA) is 61.4 Å². The molecule has 1 saturated heterocycles. The van der Waals surface area contributed by atoms with E-state index >= 15 is 0 Å². The molecular formula is C15H29N3O2. The molecule has 3 atom stereocenters. The Labute approximate surface area is 122 Å². The van der Waals surface area contributed by atoms with Gasteiger partial charge in [0.2, 0.25) is 11.8 Å². The van der Waals surface area contributed by atoms with Crippen LogP contribution in [0.25, 0.3) is 0 Å². The van der Waals surface area contributed by atoms with E-state index in [9.17, 15) is 9.59 Å². The summed E-state index contributed by atoms with van der Waals surface area (Å²) < 4.78 is 0. The van der Waals surface area contributed by atoms with Crippen LogP contribution in [-0.2, 0) is 9.59 Å². The Hall–Kier alpha value is -1.10. The van der Waals surface area contributed by atoms with Gasteiger partial charge in [0.25, 0.3) is 0 Å². The number of likely N-dealkylation sites (N-methyl/N-ethyl adjacent to an activating group) is 1. The van der Waals surface area contributed by atoms with Crippen LogP contribution in [-0.4, -0.2) is 48.4 Å². The fourth-order valence-corrected chi connectivity index (χ4v) is 2.73. The molecule has 116 valence electrons. The van der Waals surface area contributed by atoms with E-state index < -0.39 is 0 Å². The predicted molar refractivity (Wildman–Crippen MR) is 80.3 cm³/mol. The molecule has 1 rings (SSSR count). The first-order valence-electron chi connectivity index (χ1n) is 7.80. The summed E-state index contributed by atoms with van der Waals surface area (Å²) in [4.78, 5) is 26.0.